The number of hydrogen-bond acceptors (Lipinski definition) is 5. The smallest absolute Gasteiger partial charge is 0.240 e. The molecule has 3 N–H and O–H groups in total. The third kappa shape index (κ3) is 5.90. The number of halogens is 1. The van der Waals surface area contributed by atoms with Gasteiger partial charge in [0.1, 0.15) is 5.82 Å². The Balaban J connectivity index is 1.76. The summed E-state index contributed by atoms with van der Waals surface area (Å²) in [6.07, 6.45) is 1.30. The van der Waals surface area contributed by atoms with Crippen LogP contribution in [0, 0.1) is 5.82 Å². The summed E-state index contributed by atoms with van der Waals surface area (Å²) in [5.74, 6) is -0.898. The minimum Gasteiger partial charge on any atom is -0.504 e. The molecule has 0 aliphatic rings. The third-order valence-electron chi connectivity index (χ3n) is 3.31. The zero-order valence-electron chi connectivity index (χ0n) is 14.0. The Bertz CT molecular complexity index is 807. The van der Waals surface area contributed by atoms with Crippen molar-refractivity contribution < 1.29 is 23.8 Å². The molecule has 2 aromatic rings. The number of carbonyl (C=O) groups is 2. The zero-order valence-corrected chi connectivity index (χ0v) is 14.0. The van der Waals surface area contributed by atoms with E-state index in [1.807, 2.05) is 0 Å². The highest BCUT2D eigenvalue weighted by Gasteiger charge is 2.07. The van der Waals surface area contributed by atoms with Crippen LogP contribution in [-0.4, -0.2) is 30.2 Å². The summed E-state index contributed by atoms with van der Waals surface area (Å²) in [5.41, 5.74) is 3.38. The van der Waals surface area contributed by atoms with E-state index in [2.05, 4.69) is 15.8 Å². The number of nitrogens with zero attached hydrogens (tertiary/aromatic N) is 1. The van der Waals surface area contributed by atoms with Crippen molar-refractivity contribution in [2.45, 2.75) is 12.8 Å². The van der Waals surface area contributed by atoms with E-state index in [0.717, 1.165) is 0 Å². The van der Waals surface area contributed by atoms with Gasteiger partial charge in [-0.2, -0.15) is 5.10 Å². The van der Waals surface area contributed by atoms with Crippen LogP contribution in [0.1, 0.15) is 18.4 Å². The predicted octanol–water partition coefficient (Wildman–Crippen LogP) is 2.41. The van der Waals surface area contributed by atoms with Gasteiger partial charge in [0.05, 0.1) is 13.3 Å². The van der Waals surface area contributed by atoms with Crippen LogP contribution in [-0.2, 0) is 9.59 Å². The second-order valence-corrected chi connectivity index (χ2v) is 5.28. The lowest BCUT2D eigenvalue weighted by atomic mass is 10.2. The molecule has 0 saturated heterocycles. The van der Waals surface area contributed by atoms with Crippen LogP contribution in [0.2, 0.25) is 0 Å². The highest BCUT2D eigenvalue weighted by Crippen LogP contribution is 2.25. The van der Waals surface area contributed by atoms with Gasteiger partial charge in [-0.25, -0.2) is 9.82 Å². The number of carbonyl (C=O) groups excluding carboxylic acids is 2. The second-order valence-electron chi connectivity index (χ2n) is 5.28. The van der Waals surface area contributed by atoms with Crippen LogP contribution in [0.25, 0.3) is 0 Å². The first kappa shape index (κ1) is 18.9. The van der Waals surface area contributed by atoms with E-state index in [9.17, 15) is 19.1 Å². The molecule has 0 radical (unpaired) electrons. The number of hydrogen-bond donors (Lipinski definition) is 3. The zero-order chi connectivity index (χ0) is 18.9. The Morgan fingerprint density at radius 3 is 2.54 bits per heavy atom. The fourth-order valence-corrected chi connectivity index (χ4v) is 1.99. The molecule has 7 nitrogen and oxygen atoms in total. The van der Waals surface area contributed by atoms with Crippen LogP contribution in [0.5, 0.6) is 11.5 Å². The molecule has 2 amide bonds. The van der Waals surface area contributed by atoms with Gasteiger partial charge in [-0.3, -0.25) is 9.59 Å². The Hall–Kier alpha value is -3.42. The molecule has 0 saturated carbocycles. The van der Waals surface area contributed by atoms with E-state index in [1.54, 1.807) is 12.1 Å². The first-order valence-corrected chi connectivity index (χ1v) is 7.72. The van der Waals surface area contributed by atoms with Crippen LogP contribution in [0.4, 0.5) is 10.1 Å². The minimum absolute atomic E-state index is 0.000789. The van der Waals surface area contributed by atoms with Crippen molar-refractivity contribution in [3.8, 4) is 11.5 Å². The van der Waals surface area contributed by atoms with E-state index < -0.39 is 11.7 Å². The maximum atomic E-state index is 12.8. The van der Waals surface area contributed by atoms with E-state index >= 15 is 0 Å². The van der Waals surface area contributed by atoms with E-state index in [-0.39, 0.29) is 30.2 Å². The molecule has 0 aromatic heterocycles. The largest absolute Gasteiger partial charge is 0.504 e. The summed E-state index contributed by atoms with van der Waals surface area (Å²) in [6.45, 7) is 0. The number of phenols is 1. The molecule has 0 unspecified atom stereocenters. The molecule has 26 heavy (non-hydrogen) atoms. The number of methoxy groups -OCH3 is 1. The molecule has 0 heterocycles. The van der Waals surface area contributed by atoms with Crippen molar-refractivity contribution in [3.63, 3.8) is 0 Å². The molecule has 0 aliphatic carbocycles. The van der Waals surface area contributed by atoms with Gasteiger partial charge in [-0.05, 0) is 48.0 Å². The summed E-state index contributed by atoms with van der Waals surface area (Å²) in [6, 6.07) is 9.93. The Morgan fingerprint density at radius 2 is 1.85 bits per heavy atom. The average molecular weight is 359 g/mol. The number of aromatic hydroxyl groups is 1. The van der Waals surface area contributed by atoms with Gasteiger partial charge in [-0.15, -0.1) is 0 Å². The highest BCUT2D eigenvalue weighted by atomic mass is 19.1. The fourth-order valence-electron chi connectivity index (χ4n) is 1.99. The second kappa shape index (κ2) is 9.16. The number of anilines is 1. The Morgan fingerprint density at radius 1 is 1.15 bits per heavy atom. The van der Waals surface area contributed by atoms with Crippen molar-refractivity contribution in [1.29, 1.82) is 0 Å². The number of ether oxygens (including phenoxy) is 1. The Labute approximate surface area is 149 Å². The molecule has 0 atom stereocenters. The van der Waals surface area contributed by atoms with Crippen LogP contribution in [0.15, 0.2) is 47.6 Å². The van der Waals surface area contributed by atoms with Gasteiger partial charge < -0.3 is 15.2 Å². The summed E-state index contributed by atoms with van der Waals surface area (Å²) in [5, 5.41) is 15.8. The summed E-state index contributed by atoms with van der Waals surface area (Å²) in [4.78, 5) is 23.4. The van der Waals surface area contributed by atoms with Crippen molar-refractivity contribution in [3.05, 3.63) is 53.8 Å². The molecule has 0 fully saturated rings. The van der Waals surface area contributed by atoms with Gasteiger partial charge in [0.2, 0.25) is 11.8 Å². The normalized spacial score (nSPS) is 10.5. The lowest BCUT2D eigenvalue weighted by Crippen LogP contribution is -2.20. The summed E-state index contributed by atoms with van der Waals surface area (Å²) < 4.78 is 17.8. The highest BCUT2D eigenvalue weighted by molar-refractivity contribution is 5.93. The third-order valence-corrected chi connectivity index (χ3v) is 3.31. The predicted molar refractivity (Wildman–Crippen MR) is 94.7 cm³/mol. The molecule has 0 spiro atoms. The lowest BCUT2D eigenvalue weighted by Gasteiger charge is -2.05. The molecular weight excluding hydrogens is 341 g/mol. The molecule has 0 aliphatic heterocycles. The molecule has 2 rings (SSSR count). The number of hydrazone groups is 1. The number of phenolic OH excluding ortho intramolecular Hbond substituents is 1. The lowest BCUT2D eigenvalue weighted by molar-refractivity contribution is -0.124. The Kier molecular flexibility index (Phi) is 6.67. The van der Waals surface area contributed by atoms with Crippen molar-refractivity contribution >= 4 is 23.7 Å². The van der Waals surface area contributed by atoms with E-state index in [4.69, 9.17) is 4.74 Å². The summed E-state index contributed by atoms with van der Waals surface area (Å²) >= 11 is 0. The van der Waals surface area contributed by atoms with E-state index in [0.29, 0.717) is 11.3 Å². The maximum absolute atomic E-state index is 12.8. The molecular formula is C18H18FN3O4. The molecule has 8 heteroatoms. The van der Waals surface area contributed by atoms with Crippen LogP contribution >= 0.6 is 0 Å². The van der Waals surface area contributed by atoms with Crippen LogP contribution < -0.4 is 15.5 Å². The van der Waals surface area contributed by atoms with Crippen molar-refractivity contribution in [1.82, 2.24) is 5.43 Å². The number of benzene rings is 2. The van der Waals surface area contributed by atoms with Gasteiger partial charge in [0.25, 0.3) is 0 Å². The SMILES string of the molecule is COc1cc(/C=N/NC(=O)CCC(=O)Nc2ccc(F)cc2)ccc1O. The maximum Gasteiger partial charge on any atom is 0.240 e. The van der Waals surface area contributed by atoms with Crippen molar-refractivity contribution in [2.24, 2.45) is 5.10 Å². The topological polar surface area (TPSA) is 100 Å². The van der Waals surface area contributed by atoms with Crippen molar-refractivity contribution in [2.75, 3.05) is 12.4 Å². The average Bonchev–Trinajstić information content (AvgIpc) is 2.63. The molecule has 136 valence electrons. The minimum atomic E-state index is -0.429. The van der Waals surface area contributed by atoms with Gasteiger partial charge in [0.15, 0.2) is 11.5 Å². The molecule has 2 aromatic carbocycles. The fraction of sp³-hybridized carbons (Fsp3) is 0.167. The summed E-state index contributed by atoms with van der Waals surface area (Å²) in [7, 11) is 1.43. The standard InChI is InChI=1S/C18H18FN3O4/c1-26-16-10-12(2-7-15(16)23)11-20-22-18(25)9-8-17(24)21-14-5-3-13(19)4-6-14/h2-7,10-11,23H,8-9H2,1H3,(H,21,24)(H,22,25)/b20-11+. The van der Waals surface area contributed by atoms with Gasteiger partial charge in [-0.1, -0.05) is 0 Å². The van der Waals surface area contributed by atoms with E-state index in [1.165, 1.54) is 43.7 Å². The molecule has 0 bridgehead atoms. The van der Waals surface area contributed by atoms with Crippen LogP contribution in [0.3, 0.4) is 0 Å². The quantitative estimate of drug-likeness (QED) is 0.522. The van der Waals surface area contributed by atoms with Gasteiger partial charge >= 0.3 is 0 Å². The number of nitrogens with one attached hydrogen (secondary N) is 2. The first-order chi connectivity index (χ1) is 12.5. The number of amides is 2. The van der Waals surface area contributed by atoms with Gasteiger partial charge in [0, 0.05) is 18.5 Å². The monoisotopic (exact) mass is 359 g/mol. The number of rotatable bonds is 7. The first-order valence-electron chi connectivity index (χ1n) is 7.72.